The summed E-state index contributed by atoms with van der Waals surface area (Å²) in [7, 11) is 0. The molecule has 0 saturated heterocycles. The zero-order valence-corrected chi connectivity index (χ0v) is 18.6. The Balaban J connectivity index is 1.61. The van der Waals surface area contributed by atoms with Crippen molar-refractivity contribution in [2.45, 2.75) is 20.0 Å². The number of hydrogen-bond donors (Lipinski definition) is 1. The summed E-state index contributed by atoms with van der Waals surface area (Å²) >= 11 is 18.6. The first kappa shape index (κ1) is 20.8. The molecule has 6 heteroatoms. The molecular formula is C24H20Cl3N3. The minimum absolute atomic E-state index is 0.454. The Morgan fingerprint density at radius 2 is 1.67 bits per heavy atom. The van der Waals surface area contributed by atoms with E-state index >= 15 is 0 Å². The predicted octanol–water partition coefficient (Wildman–Crippen LogP) is 7.08. The van der Waals surface area contributed by atoms with Crippen molar-refractivity contribution in [3.63, 3.8) is 0 Å². The van der Waals surface area contributed by atoms with Crippen molar-refractivity contribution < 1.29 is 0 Å². The lowest BCUT2D eigenvalue weighted by molar-refractivity contribution is 0.748. The minimum Gasteiger partial charge on any atom is -0.340 e. The molecule has 1 aromatic heterocycles. The average Bonchev–Trinajstić information content (AvgIpc) is 2.99. The molecular weight excluding hydrogens is 437 g/mol. The highest BCUT2D eigenvalue weighted by Crippen LogP contribution is 2.26. The van der Waals surface area contributed by atoms with Crippen LogP contribution in [0.2, 0.25) is 15.1 Å². The van der Waals surface area contributed by atoms with Crippen molar-refractivity contribution in [3.05, 3.63) is 104 Å². The maximum atomic E-state index is 6.23. The molecule has 0 aliphatic heterocycles. The van der Waals surface area contributed by atoms with Crippen LogP contribution >= 0.6 is 34.8 Å². The molecule has 3 nitrogen and oxygen atoms in total. The van der Waals surface area contributed by atoms with E-state index in [2.05, 4.69) is 46.3 Å². The van der Waals surface area contributed by atoms with E-state index in [0.717, 1.165) is 44.9 Å². The van der Waals surface area contributed by atoms with E-state index in [1.807, 2.05) is 48.7 Å². The van der Waals surface area contributed by atoms with Crippen molar-refractivity contribution in [3.8, 4) is 0 Å². The second-order valence-electron chi connectivity index (χ2n) is 7.03. The van der Waals surface area contributed by atoms with Crippen LogP contribution in [0.25, 0.3) is 10.9 Å². The third kappa shape index (κ3) is 4.34. The van der Waals surface area contributed by atoms with E-state index in [0.29, 0.717) is 16.6 Å². The van der Waals surface area contributed by atoms with Crippen LogP contribution in [0.3, 0.4) is 0 Å². The molecule has 4 rings (SSSR count). The van der Waals surface area contributed by atoms with Gasteiger partial charge in [-0.2, -0.15) is 5.10 Å². The summed E-state index contributed by atoms with van der Waals surface area (Å²) in [6.07, 6.45) is 1.86. The van der Waals surface area contributed by atoms with Gasteiger partial charge in [-0.15, -0.1) is 0 Å². The van der Waals surface area contributed by atoms with Gasteiger partial charge < -0.3 is 9.99 Å². The van der Waals surface area contributed by atoms with Crippen LogP contribution in [0, 0.1) is 6.92 Å². The molecule has 0 spiro atoms. The number of aromatic nitrogens is 1. The van der Waals surface area contributed by atoms with Gasteiger partial charge in [0.15, 0.2) is 0 Å². The maximum Gasteiger partial charge on any atom is 0.0609 e. The lowest BCUT2D eigenvalue weighted by atomic mass is 10.1. The first-order valence-corrected chi connectivity index (χ1v) is 10.7. The van der Waals surface area contributed by atoms with E-state index in [4.69, 9.17) is 34.8 Å². The van der Waals surface area contributed by atoms with Crippen LogP contribution in [0.4, 0.5) is 0 Å². The van der Waals surface area contributed by atoms with Gasteiger partial charge in [-0.1, -0.05) is 71.2 Å². The van der Waals surface area contributed by atoms with E-state index in [9.17, 15) is 0 Å². The molecule has 0 bridgehead atoms. The molecule has 0 radical (unpaired) electrons. The van der Waals surface area contributed by atoms with Crippen molar-refractivity contribution >= 4 is 51.9 Å². The summed E-state index contributed by atoms with van der Waals surface area (Å²) in [5.74, 6) is 0. The number of hydrazone groups is 1. The number of para-hydroxylation sites is 1. The van der Waals surface area contributed by atoms with Gasteiger partial charge in [0.05, 0.1) is 12.8 Å². The molecule has 4 aromatic rings. The Kier molecular flexibility index (Phi) is 6.33. The topological polar surface area (TPSA) is 29.3 Å². The molecule has 3 aromatic carbocycles. The van der Waals surface area contributed by atoms with E-state index in [-0.39, 0.29) is 0 Å². The lowest BCUT2D eigenvalue weighted by Gasteiger charge is -2.09. The Hall–Kier alpha value is -2.46. The van der Waals surface area contributed by atoms with Crippen molar-refractivity contribution in [2.24, 2.45) is 5.10 Å². The van der Waals surface area contributed by atoms with Gasteiger partial charge in [0.25, 0.3) is 0 Å². The van der Waals surface area contributed by atoms with Crippen LogP contribution in [-0.2, 0) is 13.1 Å². The van der Waals surface area contributed by atoms with Gasteiger partial charge in [-0.05, 0) is 42.8 Å². The summed E-state index contributed by atoms with van der Waals surface area (Å²) in [4.78, 5) is 0. The number of fused-ring (bicyclic) bond motifs is 1. The van der Waals surface area contributed by atoms with E-state index in [1.54, 1.807) is 0 Å². The van der Waals surface area contributed by atoms with Crippen molar-refractivity contribution in [1.82, 2.24) is 9.99 Å². The highest BCUT2D eigenvalue weighted by atomic mass is 35.5. The fourth-order valence-electron chi connectivity index (χ4n) is 3.58. The van der Waals surface area contributed by atoms with Crippen LogP contribution in [0.1, 0.15) is 22.4 Å². The minimum atomic E-state index is 0.454. The molecule has 30 heavy (non-hydrogen) atoms. The average molecular weight is 457 g/mol. The molecule has 0 unspecified atom stereocenters. The summed E-state index contributed by atoms with van der Waals surface area (Å²) in [6.45, 7) is 3.30. The van der Waals surface area contributed by atoms with Crippen LogP contribution < -0.4 is 5.43 Å². The second kappa shape index (κ2) is 9.13. The third-order valence-corrected chi connectivity index (χ3v) is 6.06. The standard InChI is InChI=1S/C24H20Cl3N3/c1-16-20(13-28-29-14-21-22(26)9-5-10-23(21)27)19-8-2-3-11-24(19)30(16)15-17-6-4-7-18(25)12-17/h2-13,29H,14-15H2,1H3/b28-13-. The first-order valence-electron chi connectivity index (χ1n) is 9.55. The number of nitrogens with one attached hydrogen (secondary N) is 1. The summed E-state index contributed by atoms with van der Waals surface area (Å²) in [6, 6.07) is 21.8. The van der Waals surface area contributed by atoms with Crippen LogP contribution in [-0.4, -0.2) is 10.8 Å². The molecule has 1 heterocycles. The van der Waals surface area contributed by atoms with Gasteiger partial charge in [-0.3, -0.25) is 0 Å². The Morgan fingerprint density at radius 3 is 2.43 bits per heavy atom. The zero-order valence-electron chi connectivity index (χ0n) is 16.4. The zero-order chi connectivity index (χ0) is 21.1. The fraction of sp³-hybridized carbons (Fsp3) is 0.125. The van der Waals surface area contributed by atoms with Crippen molar-refractivity contribution in [2.75, 3.05) is 0 Å². The molecule has 0 amide bonds. The Labute approximate surface area is 190 Å². The summed E-state index contributed by atoms with van der Waals surface area (Å²) in [5.41, 5.74) is 8.42. The Bertz CT molecular complexity index is 1210. The molecule has 0 atom stereocenters. The van der Waals surface area contributed by atoms with Gasteiger partial charge in [-0.25, -0.2) is 0 Å². The summed E-state index contributed by atoms with van der Waals surface area (Å²) < 4.78 is 2.29. The molecule has 0 aliphatic carbocycles. The number of rotatable bonds is 6. The highest BCUT2D eigenvalue weighted by Gasteiger charge is 2.13. The quantitative estimate of drug-likeness (QED) is 0.244. The monoisotopic (exact) mass is 455 g/mol. The van der Waals surface area contributed by atoms with Crippen LogP contribution in [0.15, 0.2) is 71.8 Å². The summed E-state index contributed by atoms with van der Waals surface area (Å²) in [5, 5.41) is 7.58. The lowest BCUT2D eigenvalue weighted by Crippen LogP contribution is -2.07. The van der Waals surface area contributed by atoms with Crippen LogP contribution in [0.5, 0.6) is 0 Å². The van der Waals surface area contributed by atoms with Gasteiger partial charge >= 0.3 is 0 Å². The smallest absolute Gasteiger partial charge is 0.0609 e. The molecule has 0 saturated carbocycles. The van der Waals surface area contributed by atoms with E-state index in [1.165, 1.54) is 0 Å². The Morgan fingerprint density at radius 1 is 0.933 bits per heavy atom. The van der Waals surface area contributed by atoms with Gasteiger partial charge in [0, 0.05) is 49.3 Å². The normalized spacial score (nSPS) is 11.5. The van der Waals surface area contributed by atoms with Gasteiger partial charge in [0.1, 0.15) is 0 Å². The fourth-order valence-corrected chi connectivity index (χ4v) is 4.32. The molecule has 1 N–H and O–H groups in total. The van der Waals surface area contributed by atoms with Crippen molar-refractivity contribution in [1.29, 1.82) is 0 Å². The number of nitrogens with zero attached hydrogens (tertiary/aromatic N) is 2. The third-order valence-electron chi connectivity index (χ3n) is 5.11. The SMILES string of the molecule is Cc1c(/C=N\NCc2c(Cl)cccc2Cl)c2ccccc2n1Cc1cccc(Cl)c1. The van der Waals surface area contributed by atoms with E-state index < -0.39 is 0 Å². The molecule has 0 aliphatic rings. The first-order chi connectivity index (χ1) is 14.5. The predicted molar refractivity (Wildman–Crippen MR) is 128 cm³/mol. The number of hydrogen-bond acceptors (Lipinski definition) is 2. The van der Waals surface area contributed by atoms with Gasteiger partial charge in [0.2, 0.25) is 0 Å². The molecule has 152 valence electrons. The largest absolute Gasteiger partial charge is 0.340 e. The number of benzene rings is 3. The maximum absolute atomic E-state index is 6.23. The second-order valence-corrected chi connectivity index (χ2v) is 8.28. The molecule has 0 fully saturated rings. The highest BCUT2D eigenvalue weighted by molar-refractivity contribution is 6.36. The number of halogens is 3.